The molecule has 0 unspecified atom stereocenters. The molecule has 0 aliphatic carbocycles. The van der Waals surface area contributed by atoms with E-state index in [9.17, 15) is 18.0 Å². The van der Waals surface area contributed by atoms with E-state index in [-0.39, 0.29) is 10.6 Å². The summed E-state index contributed by atoms with van der Waals surface area (Å²) < 4.78 is 39.7. The molecule has 1 aromatic carbocycles. The number of carbonyl (C=O) groups excluding carboxylic acids is 1. The lowest BCUT2D eigenvalue weighted by Crippen LogP contribution is -2.08. The smallest absolute Gasteiger partial charge is 0.306 e. The van der Waals surface area contributed by atoms with E-state index in [0.717, 1.165) is 18.2 Å². The van der Waals surface area contributed by atoms with Gasteiger partial charge in [-0.25, -0.2) is 0 Å². The van der Waals surface area contributed by atoms with Gasteiger partial charge in [0.2, 0.25) is 5.91 Å². The number of halogens is 4. The molecular formula is C14H11ClF3N3O. The maximum absolute atomic E-state index is 12.7. The summed E-state index contributed by atoms with van der Waals surface area (Å²) in [5.41, 5.74) is -0.727. The van der Waals surface area contributed by atoms with E-state index < -0.39 is 17.6 Å². The van der Waals surface area contributed by atoms with Crippen molar-refractivity contribution < 1.29 is 18.0 Å². The Morgan fingerprint density at radius 3 is 2.68 bits per heavy atom. The predicted molar refractivity (Wildman–Crippen MR) is 77.3 cm³/mol. The average molecular weight is 330 g/mol. The van der Waals surface area contributed by atoms with Crippen LogP contribution in [0.15, 0.2) is 36.5 Å². The number of carbonyl (C=O) groups is 1. The number of alkyl halides is 3. The fourth-order valence-corrected chi connectivity index (χ4v) is 1.91. The van der Waals surface area contributed by atoms with Crippen LogP contribution < -0.4 is 5.32 Å². The van der Waals surface area contributed by atoms with E-state index in [1.807, 2.05) is 0 Å². The van der Waals surface area contributed by atoms with Gasteiger partial charge in [-0.15, -0.1) is 0 Å². The first-order chi connectivity index (χ1) is 10.3. The van der Waals surface area contributed by atoms with Crippen molar-refractivity contribution in [1.29, 1.82) is 0 Å². The highest BCUT2D eigenvalue weighted by molar-refractivity contribution is 6.31. The predicted octanol–water partition coefficient (Wildman–Crippen LogP) is 3.74. The minimum Gasteiger partial charge on any atom is -0.306 e. The third-order valence-electron chi connectivity index (χ3n) is 2.69. The van der Waals surface area contributed by atoms with Crippen LogP contribution in [0.25, 0.3) is 6.08 Å². The molecule has 8 heteroatoms. The summed E-state index contributed by atoms with van der Waals surface area (Å²) in [6.45, 7) is 0. The van der Waals surface area contributed by atoms with Crippen molar-refractivity contribution >= 4 is 29.4 Å². The van der Waals surface area contributed by atoms with E-state index in [4.69, 9.17) is 11.6 Å². The summed E-state index contributed by atoms with van der Waals surface area (Å²) in [6, 6.07) is 5.01. The topological polar surface area (TPSA) is 46.9 Å². The molecule has 2 aromatic rings. The van der Waals surface area contributed by atoms with Gasteiger partial charge < -0.3 is 5.32 Å². The van der Waals surface area contributed by atoms with E-state index in [1.54, 1.807) is 19.3 Å². The van der Waals surface area contributed by atoms with Crippen molar-refractivity contribution in [2.24, 2.45) is 7.05 Å². The zero-order valence-electron chi connectivity index (χ0n) is 11.4. The highest BCUT2D eigenvalue weighted by atomic mass is 35.5. The van der Waals surface area contributed by atoms with Crippen LogP contribution >= 0.6 is 11.6 Å². The molecular weight excluding hydrogens is 319 g/mol. The fourth-order valence-electron chi connectivity index (χ4n) is 1.69. The molecule has 1 amide bonds. The number of nitrogens with zero attached hydrogens (tertiary/aromatic N) is 2. The number of nitrogens with one attached hydrogen (secondary N) is 1. The van der Waals surface area contributed by atoms with Gasteiger partial charge in [0, 0.05) is 25.4 Å². The minimum absolute atomic E-state index is 0.216. The van der Waals surface area contributed by atoms with Gasteiger partial charge in [-0.2, -0.15) is 18.3 Å². The third-order valence-corrected chi connectivity index (χ3v) is 3.02. The second-order valence-corrected chi connectivity index (χ2v) is 4.84. The molecule has 0 saturated carbocycles. The van der Waals surface area contributed by atoms with Crippen LogP contribution in [-0.4, -0.2) is 15.7 Å². The molecule has 1 N–H and O–H groups in total. The first-order valence-electron chi connectivity index (χ1n) is 6.11. The molecule has 1 aromatic heterocycles. The maximum Gasteiger partial charge on any atom is 0.417 e. The molecule has 1 heterocycles. The van der Waals surface area contributed by atoms with Gasteiger partial charge in [-0.3, -0.25) is 9.48 Å². The number of amides is 1. The molecule has 0 aliphatic heterocycles. The van der Waals surface area contributed by atoms with Crippen LogP contribution in [0.3, 0.4) is 0 Å². The van der Waals surface area contributed by atoms with Crippen LogP contribution in [0.5, 0.6) is 0 Å². The third kappa shape index (κ3) is 4.11. The molecule has 0 radical (unpaired) electrons. The molecule has 116 valence electrons. The molecule has 4 nitrogen and oxygen atoms in total. The van der Waals surface area contributed by atoms with Crippen molar-refractivity contribution in [1.82, 2.24) is 9.78 Å². The molecule has 2 rings (SSSR count). The van der Waals surface area contributed by atoms with Gasteiger partial charge in [0.1, 0.15) is 0 Å². The van der Waals surface area contributed by atoms with Gasteiger partial charge in [0.25, 0.3) is 0 Å². The van der Waals surface area contributed by atoms with E-state index >= 15 is 0 Å². The standard InChI is InChI=1S/C14H11ClF3N3O/c1-21-7-6-12(20-21)19-13(22)5-3-9-2-4-11(15)10(8-9)14(16,17)18/h2-8H,1H3,(H,19,20,22)/b5-3+. The van der Waals surface area contributed by atoms with Crippen molar-refractivity contribution in [3.63, 3.8) is 0 Å². The Morgan fingerprint density at radius 2 is 2.09 bits per heavy atom. The van der Waals surface area contributed by atoms with Gasteiger partial charge in [-0.05, 0) is 23.8 Å². The Morgan fingerprint density at radius 1 is 1.36 bits per heavy atom. The SMILES string of the molecule is Cn1ccc(NC(=O)/C=C/c2ccc(Cl)c(C(F)(F)F)c2)n1. The molecule has 0 spiro atoms. The largest absolute Gasteiger partial charge is 0.417 e. The molecule has 0 saturated heterocycles. The van der Waals surface area contributed by atoms with E-state index in [2.05, 4.69) is 10.4 Å². The Kier molecular flexibility index (Phi) is 4.56. The van der Waals surface area contributed by atoms with Gasteiger partial charge in [0.15, 0.2) is 5.82 Å². The van der Waals surface area contributed by atoms with Crippen LogP contribution in [0.1, 0.15) is 11.1 Å². The van der Waals surface area contributed by atoms with Crippen molar-refractivity contribution in [3.05, 3.63) is 52.7 Å². The van der Waals surface area contributed by atoms with Crippen LogP contribution in [0.2, 0.25) is 5.02 Å². The summed E-state index contributed by atoms with van der Waals surface area (Å²) in [5, 5.41) is 6.05. The summed E-state index contributed by atoms with van der Waals surface area (Å²) in [7, 11) is 1.69. The number of aromatic nitrogens is 2. The number of aryl methyl sites for hydroxylation is 1. The first kappa shape index (κ1) is 16.1. The highest BCUT2D eigenvalue weighted by Gasteiger charge is 2.33. The first-order valence-corrected chi connectivity index (χ1v) is 6.49. The average Bonchev–Trinajstić information content (AvgIpc) is 2.82. The van der Waals surface area contributed by atoms with E-state index in [1.165, 1.54) is 16.8 Å². The number of hydrogen-bond donors (Lipinski definition) is 1. The summed E-state index contributed by atoms with van der Waals surface area (Å²) in [4.78, 5) is 11.6. The zero-order chi connectivity index (χ0) is 16.3. The number of benzene rings is 1. The highest BCUT2D eigenvalue weighted by Crippen LogP contribution is 2.35. The lowest BCUT2D eigenvalue weighted by Gasteiger charge is -2.09. The van der Waals surface area contributed by atoms with Crippen LogP contribution in [-0.2, 0) is 18.0 Å². The normalized spacial score (nSPS) is 11.9. The second kappa shape index (κ2) is 6.23. The Labute approximate surface area is 129 Å². The zero-order valence-corrected chi connectivity index (χ0v) is 12.1. The summed E-state index contributed by atoms with van der Waals surface area (Å²) >= 11 is 5.52. The monoisotopic (exact) mass is 329 g/mol. The van der Waals surface area contributed by atoms with Crippen LogP contribution in [0.4, 0.5) is 19.0 Å². The Balaban J connectivity index is 2.11. The Hall–Kier alpha value is -2.28. The summed E-state index contributed by atoms with van der Waals surface area (Å²) in [6.07, 6.45) is -0.507. The maximum atomic E-state index is 12.7. The second-order valence-electron chi connectivity index (χ2n) is 4.43. The molecule has 0 atom stereocenters. The number of anilines is 1. The fraction of sp³-hybridized carbons (Fsp3) is 0.143. The van der Waals surface area contributed by atoms with E-state index in [0.29, 0.717) is 5.82 Å². The summed E-state index contributed by atoms with van der Waals surface area (Å²) in [5.74, 6) is -0.147. The Bertz CT molecular complexity index is 722. The van der Waals surface area contributed by atoms with Gasteiger partial charge in [0.05, 0.1) is 10.6 Å². The minimum atomic E-state index is -4.54. The number of hydrogen-bond acceptors (Lipinski definition) is 2. The number of rotatable bonds is 3. The van der Waals surface area contributed by atoms with Crippen molar-refractivity contribution in [2.75, 3.05) is 5.32 Å². The lowest BCUT2D eigenvalue weighted by atomic mass is 10.1. The molecule has 22 heavy (non-hydrogen) atoms. The van der Waals surface area contributed by atoms with Crippen molar-refractivity contribution in [3.8, 4) is 0 Å². The van der Waals surface area contributed by atoms with Crippen molar-refractivity contribution in [2.45, 2.75) is 6.18 Å². The van der Waals surface area contributed by atoms with Gasteiger partial charge >= 0.3 is 6.18 Å². The molecule has 0 bridgehead atoms. The molecule has 0 fully saturated rings. The van der Waals surface area contributed by atoms with Crippen LogP contribution in [0, 0.1) is 0 Å². The quantitative estimate of drug-likeness (QED) is 0.872. The molecule has 0 aliphatic rings. The van der Waals surface area contributed by atoms with Gasteiger partial charge in [-0.1, -0.05) is 17.7 Å². The lowest BCUT2D eigenvalue weighted by molar-refractivity contribution is -0.137.